The number of aliphatic carboxylic acids is 2. The molecule has 0 aliphatic carbocycles. The smallest absolute Gasteiger partial charge is 0.326 e. The lowest BCUT2D eigenvalue weighted by Crippen LogP contribution is -2.61. The largest absolute Gasteiger partial charge is 0.481 e. The summed E-state index contributed by atoms with van der Waals surface area (Å²) in [6.45, 7) is 4.88. The number of aliphatic hydroxyl groups is 1. The van der Waals surface area contributed by atoms with E-state index in [0.717, 1.165) is 6.92 Å². The second-order valence-corrected chi connectivity index (χ2v) is 10.7. The summed E-state index contributed by atoms with van der Waals surface area (Å²) in [5.74, 6) is -7.66. The maximum Gasteiger partial charge on any atom is 0.326 e. The van der Waals surface area contributed by atoms with Crippen molar-refractivity contribution < 1.29 is 48.9 Å². The summed E-state index contributed by atoms with van der Waals surface area (Å²) < 4.78 is 0. The molecular weight excluding hydrogens is 586 g/mol. The standard InChI is InChI=1S/C25H47N9O10/c1-11(2)9-16(24(43)44)33-21(40)14(5-4-8-30-25(28)29)31-23(42)19(12(3)35)34-22(41)15(10-18(37)38)32-20(39)13(26)6-7-17(27)36/h11-16,19,25,30,35H,4-10,26,28-29H2,1-3H3,(H2,27,36)(H,31,42)(H,32,39)(H,33,40)(H,34,41)(H,37,38)(H,43,44)/t12-,13+,14+,15+,16+,19+/m1/s1. The number of hydrogen-bond acceptors (Lipinski definition) is 12. The number of hydrogen-bond donors (Lipinski definition) is 12. The monoisotopic (exact) mass is 633 g/mol. The van der Waals surface area contributed by atoms with Crippen molar-refractivity contribution in [1.82, 2.24) is 26.6 Å². The number of carbonyl (C=O) groups is 7. The number of carbonyl (C=O) groups excluding carboxylic acids is 5. The molecule has 0 radical (unpaired) electrons. The molecule has 252 valence electrons. The van der Waals surface area contributed by atoms with Gasteiger partial charge in [-0.25, -0.2) is 4.79 Å². The number of amides is 5. The molecule has 0 aromatic rings. The lowest BCUT2D eigenvalue weighted by Gasteiger charge is -2.27. The van der Waals surface area contributed by atoms with Crippen molar-refractivity contribution >= 4 is 41.5 Å². The average Bonchev–Trinajstić information content (AvgIpc) is 2.89. The van der Waals surface area contributed by atoms with Crippen LogP contribution in [-0.2, 0) is 33.6 Å². The zero-order valence-corrected chi connectivity index (χ0v) is 25.1. The quantitative estimate of drug-likeness (QED) is 0.0393. The predicted octanol–water partition coefficient (Wildman–Crippen LogP) is -4.92. The van der Waals surface area contributed by atoms with Gasteiger partial charge in [-0.3, -0.25) is 34.1 Å². The summed E-state index contributed by atoms with van der Waals surface area (Å²) in [6, 6.07) is -7.39. The second kappa shape index (κ2) is 20.1. The van der Waals surface area contributed by atoms with Crippen LogP contribution in [0.3, 0.4) is 0 Å². The van der Waals surface area contributed by atoms with E-state index in [1.54, 1.807) is 13.8 Å². The van der Waals surface area contributed by atoms with E-state index in [9.17, 15) is 48.9 Å². The van der Waals surface area contributed by atoms with E-state index in [1.807, 2.05) is 0 Å². The molecule has 0 aliphatic rings. The lowest BCUT2D eigenvalue weighted by atomic mass is 10.0. The SMILES string of the molecule is CC(C)C[C@H](NC(=O)[C@H](CCCNC(N)N)NC(=O)[C@@H](NC(=O)[C@H](CC(=O)O)NC(=O)[C@@H](N)CCC(N)=O)[C@@H](C)O)C(=O)O. The predicted molar refractivity (Wildman–Crippen MR) is 155 cm³/mol. The van der Waals surface area contributed by atoms with Gasteiger partial charge in [0.15, 0.2) is 0 Å². The Morgan fingerprint density at radius 1 is 0.727 bits per heavy atom. The molecule has 0 saturated carbocycles. The van der Waals surface area contributed by atoms with Crippen LogP contribution >= 0.6 is 0 Å². The molecule has 0 fully saturated rings. The van der Waals surface area contributed by atoms with E-state index in [1.165, 1.54) is 0 Å². The van der Waals surface area contributed by atoms with E-state index in [4.69, 9.17) is 22.9 Å². The van der Waals surface area contributed by atoms with Crippen molar-refractivity contribution in [2.45, 2.75) is 102 Å². The van der Waals surface area contributed by atoms with Crippen molar-refractivity contribution in [2.24, 2.45) is 28.9 Å². The van der Waals surface area contributed by atoms with Crippen molar-refractivity contribution in [1.29, 1.82) is 0 Å². The van der Waals surface area contributed by atoms with E-state index >= 15 is 0 Å². The number of primary amides is 1. The molecule has 16 N–H and O–H groups in total. The molecule has 0 heterocycles. The fourth-order valence-electron chi connectivity index (χ4n) is 3.82. The summed E-state index contributed by atoms with van der Waals surface area (Å²) in [5, 5.41) is 40.8. The minimum atomic E-state index is -1.74. The highest BCUT2D eigenvalue weighted by atomic mass is 16.4. The maximum atomic E-state index is 13.2. The third-order valence-electron chi connectivity index (χ3n) is 6.12. The molecule has 0 aromatic heterocycles. The highest BCUT2D eigenvalue weighted by molar-refractivity contribution is 5.96. The Hall–Kier alpha value is -3.91. The third kappa shape index (κ3) is 16.7. The normalized spacial score (nSPS) is 15.3. The van der Waals surface area contributed by atoms with E-state index in [2.05, 4.69) is 26.6 Å². The molecule has 0 unspecified atom stereocenters. The number of aliphatic hydroxyl groups excluding tert-OH is 1. The van der Waals surface area contributed by atoms with Crippen LogP contribution in [-0.4, -0.2) is 106 Å². The van der Waals surface area contributed by atoms with Gasteiger partial charge < -0.3 is 59.5 Å². The second-order valence-electron chi connectivity index (χ2n) is 10.7. The Balaban J connectivity index is 5.86. The Morgan fingerprint density at radius 2 is 1.27 bits per heavy atom. The van der Waals surface area contributed by atoms with Gasteiger partial charge in [0.1, 0.15) is 30.5 Å². The molecule has 0 spiro atoms. The summed E-state index contributed by atoms with van der Waals surface area (Å²) in [4.78, 5) is 85.6. The zero-order valence-electron chi connectivity index (χ0n) is 25.1. The van der Waals surface area contributed by atoms with Crippen molar-refractivity contribution in [2.75, 3.05) is 6.54 Å². The zero-order chi connectivity index (χ0) is 34.1. The number of rotatable bonds is 22. The molecule has 0 saturated heterocycles. The Labute approximate surface area is 254 Å². The maximum absolute atomic E-state index is 13.2. The number of nitrogens with two attached hydrogens (primary N) is 4. The first kappa shape index (κ1) is 40.1. The van der Waals surface area contributed by atoms with E-state index in [-0.39, 0.29) is 44.6 Å². The molecule has 0 bridgehead atoms. The molecule has 5 amide bonds. The minimum Gasteiger partial charge on any atom is -0.481 e. The molecule has 44 heavy (non-hydrogen) atoms. The van der Waals surface area contributed by atoms with E-state index in [0.29, 0.717) is 0 Å². The van der Waals surface area contributed by atoms with Gasteiger partial charge in [-0.1, -0.05) is 13.8 Å². The van der Waals surface area contributed by atoms with Gasteiger partial charge in [-0.2, -0.15) is 0 Å². The molecule has 0 aliphatic heterocycles. The van der Waals surface area contributed by atoms with Gasteiger partial charge in [0.05, 0.1) is 18.6 Å². The first-order chi connectivity index (χ1) is 20.3. The van der Waals surface area contributed by atoms with Gasteiger partial charge in [0.25, 0.3) is 0 Å². The van der Waals surface area contributed by atoms with Crippen LogP contribution in [0.25, 0.3) is 0 Å². The molecule has 0 rings (SSSR count). The van der Waals surface area contributed by atoms with Gasteiger partial charge >= 0.3 is 11.9 Å². The van der Waals surface area contributed by atoms with Gasteiger partial charge in [0.2, 0.25) is 29.5 Å². The number of nitrogens with one attached hydrogen (secondary N) is 5. The van der Waals surface area contributed by atoms with Crippen LogP contribution in [0.1, 0.15) is 59.3 Å². The van der Waals surface area contributed by atoms with Crippen LogP contribution in [0.15, 0.2) is 0 Å². The summed E-state index contributed by atoms with van der Waals surface area (Å²) in [7, 11) is 0. The first-order valence-electron chi connectivity index (χ1n) is 14.0. The van der Waals surface area contributed by atoms with Crippen LogP contribution in [0, 0.1) is 5.92 Å². The summed E-state index contributed by atoms with van der Waals surface area (Å²) >= 11 is 0. The Morgan fingerprint density at radius 3 is 1.75 bits per heavy atom. The molecule has 0 aromatic carbocycles. The fourth-order valence-corrected chi connectivity index (χ4v) is 3.82. The van der Waals surface area contributed by atoms with Gasteiger partial charge in [-0.15, -0.1) is 0 Å². The minimum absolute atomic E-state index is 0.0350. The Kier molecular flexibility index (Phi) is 18.3. The van der Waals surface area contributed by atoms with E-state index < -0.39 is 90.5 Å². The number of carboxylic acid groups (broad SMARTS) is 2. The first-order valence-corrected chi connectivity index (χ1v) is 14.0. The van der Waals surface area contributed by atoms with Gasteiger partial charge in [0, 0.05) is 6.42 Å². The molecule has 19 heteroatoms. The molecule has 6 atom stereocenters. The highest BCUT2D eigenvalue weighted by Crippen LogP contribution is 2.08. The van der Waals surface area contributed by atoms with Crippen LogP contribution in [0.5, 0.6) is 0 Å². The molecule has 19 nitrogen and oxygen atoms in total. The summed E-state index contributed by atoms with van der Waals surface area (Å²) in [5.41, 5.74) is 21.6. The van der Waals surface area contributed by atoms with Crippen molar-refractivity contribution in [3.05, 3.63) is 0 Å². The van der Waals surface area contributed by atoms with Crippen molar-refractivity contribution in [3.63, 3.8) is 0 Å². The average molecular weight is 634 g/mol. The van der Waals surface area contributed by atoms with Crippen molar-refractivity contribution in [3.8, 4) is 0 Å². The topological polar surface area (TPSA) is 344 Å². The summed E-state index contributed by atoms with van der Waals surface area (Å²) in [6.07, 6.45) is -3.49. The lowest BCUT2D eigenvalue weighted by molar-refractivity contribution is -0.143. The Bertz CT molecular complexity index is 1010. The van der Waals surface area contributed by atoms with Crippen LogP contribution in [0.4, 0.5) is 0 Å². The fraction of sp³-hybridized carbons (Fsp3) is 0.720. The van der Waals surface area contributed by atoms with Gasteiger partial charge in [-0.05, 0) is 45.1 Å². The van der Waals surface area contributed by atoms with Crippen LogP contribution in [0.2, 0.25) is 0 Å². The number of carboxylic acids is 2. The van der Waals surface area contributed by atoms with Crippen LogP contribution < -0.4 is 49.5 Å². The highest BCUT2D eigenvalue weighted by Gasteiger charge is 2.34. The third-order valence-corrected chi connectivity index (χ3v) is 6.12. The molecular formula is C25H47N9O10.